The fraction of sp³-hybridized carbons (Fsp3) is 0.909. The maximum atomic E-state index is 11.2. The Bertz CT molecular complexity index is 595. The van der Waals surface area contributed by atoms with Gasteiger partial charge in [0.15, 0.2) is 0 Å². The molecular formula is C22H35NO2. The standard InChI is InChI=1S/C22H35NO2/c1-4-5-13-6-7-15-18-16(9-11-21(13,15)2)22(3)10-8-14(23)12-17(22)19(24)20(18)25/h13-20,24-25H,6-12,23H2,1-3H3/t13-,14-,15?,16?,17?,18?,19+,20?,21+,22+/m0/s1. The van der Waals surface area contributed by atoms with Crippen LogP contribution in [0.15, 0.2) is 0 Å². The normalized spacial score (nSPS) is 57.7. The molecule has 4 aliphatic rings. The minimum absolute atomic E-state index is 0.134. The first-order valence-electron chi connectivity index (χ1n) is 10.4. The molecule has 5 unspecified atom stereocenters. The van der Waals surface area contributed by atoms with Crippen molar-refractivity contribution in [3.05, 3.63) is 0 Å². The molecule has 3 heteroatoms. The second-order valence-corrected chi connectivity index (χ2v) is 9.99. The maximum Gasteiger partial charge on any atom is 0.0836 e. The van der Waals surface area contributed by atoms with Crippen LogP contribution < -0.4 is 5.73 Å². The average molecular weight is 346 g/mol. The Morgan fingerprint density at radius 3 is 2.28 bits per heavy atom. The molecule has 0 aliphatic heterocycles. The first-order chi connectivity index (χ1) is 11.8. The van der Waals surface area contributed by atoms with Crippen LogP contribution in [0.2, 0.25) is 0 Å². The van der Waals surface area contributed by atoms with E-state index >= 15 is 0 Å². The van der Waals surface area contributed by atoms with Crippen LogP contribution in [0.3, 0.4) is 0 Å². The quantitative estimate of drug-likeness (QED) is 0.591. The Balaban J connectivity index is 1.70. The lowest BCUT2D eigenvalue weighted by Gasteiger charge is -2.63. The summed E-state index contributed by atoms with van der Waals surface area (Å²) < 4.78 is 0. The second kappa shape index (κ2) is 5.98. The molecular weight excluding hydrogens is 310 g/mol. The summed E-state index contributed by atoms with van der Waals surface area (Å²) in [5, 5.41) is 22.2. The van der Waals surface area contributed by atoms with Gasteiger partial charge in [0.25, 0.3) is 0 Å². The molecule has 4 saturated carbocycles. The highest BCUT2D eigenvalue weighted by Crippen LogP contribution is 2.67. The zero-order chi connectivity index (χ0) is 18.0. The van der Waals surface area contributed by atoms with Crippen LogP contribution in [0.4, 0.5) is 0 Å². The van der Waals surface area contributed by atoms with Crippen molar-refractivity contribution >= 4 is 0 Å². The predicted molar refractivity (Wildman–Crippen MR) is 99.4 cm³/mol. The van der Waals surface area contributed by atoms with Gasteiger partial charge in [0, 0.05) is 12.0 Å². The molecule has 0 aromatic heterocycles. The van der Waals surface area contributed by atoms with E-state index in [2.05, 4.69) is 25.7 Å². The van der Waals surface area contributed by atoms with E-state index < -0.39 is 12.2 Å². The van der Waals surface area contributed by atoms with Gasteiger partial charge in [0.05, 0.1) is 12.2 Å². The van der Waals surface area contributed by atoms with Crippen LogP contribution in [-0.2, 0) is 0 Å². The van der Waals surface area contributed by atoms with Crippen molar-refractivity contribution < 1.29 is 10.2 Å². The van der Waals surface area contributed by atoms with Crippen LogP contribution in [0, 0.1) is 52.3 Å². The monoisotopic (exact) mass is 345 g/mol. The number of aliphatic hydroxyl groups is 2. The predicted octanol–water partition coefficient (Wildman–Crippen LogP) is 2.94. The van der Waals surface area contributed by atoms with Gasteiger partial charge in [-0.05, 0) is 86.4 Å². The Morgan fingerprint density at radius 1 is 0.880 bits per heavy atom. The highest BCUT2D eigenvalue weighted by atomic mass is 16.3. The first kappa shape index (κ1) is 17.8. The fourth-order valence-electron chi connectivity index (χ4n) is 7.70. The number of nitrogens with two attached hydrogens (primary N) is 1. The molecule has 0 saturated heterocycles. The smallest absolute Gasteiger partial charge is 0.0836 e. The molecule has 0 aromatic rings. The molecule has 0 heterocycles. The molecule has 4 N–H and O–H groups in total. The SMILES string of the molecule is CC#C[C@H]1CCC2C3C(O)[C@H](O)C4C[C@@H](N)CC[C@]4(C)C3CC[C@@]21C. The van der Waals surface area contributed by atoms with Crippen molar-refractivity contribution in [2.24, 2.45) is 46.2 Å². The third kappa shape index (κ3) is 2.37. The average Bonchev–Trinajstić information content (AvgIpc) is 2.91. The van der Waals surface area contributed by atoms with Gasteiger partial charge in [-0.1, -0.05) is 19.8 Å². The topological polar surface area (TPSA) is 66.5 Å². The molecule has 0 aromatic carbocycles. The van der Waals surface area contributed by atoms with Gasteiger partial charge in [0.2, 0.25) is 0 Å². The van der Waals surface area contributed by atoms with E-state index in [1.165, 1.54) is 12.8 Å². The second-order valence-electron chi connectivity index (χ2n) is 9.99. The number of fused-ring (bicyclic) bond motifs is 5. The molecule has 4 aliphatic carbocycles. The third-order valence-electron chi connectivity index (χ3n) is 9.11. The van der Waals surface area contributed by atoms with Crippen LogP contribution in [0.1, 0.15) is 65.7 Å². The number of rotatable bonds is 0. The molecule has 4 rings (SSSR count). The molecule has 0 spiro atoms. The van der Waals surface area contributed by atoms with Crippen molar-refractivity contribution in [2.45, 2.75) is 84.0 Å². The highest BCUT2D eigenvalue weighted by molar-refractivity contribution is 5.18. The van der Waals surface area contributed by atoms with E-state index in [-0.39, 0.29) is 28.7 Å². The molecule has 0 amide bonds. The van der Waals surface area contributed by atoms with Crippen molar-refractivity contribution in [3.8, 4) is 11.8 Å². The Hall–Kier alpha value is -0.560. The lowest BCUT2D eigenvalue weighted by atomic mass is 9.43. The van der Waals surface area contributed by atoms with E-state index in [0.29, 0.717) is 17.8 Å². The van der Waals surface area contributed by atoms with Crippen LogP contribution in [0.25, 0.3) is 0 Å². The summed E-state index contributed by atoms with van der Waals surface area (Å²) in [5.74, 6) is 8.47. The van der Waals surface area contributed by atoms with Crippen LogP contribution in [-0.4, -0.2) is 28.5 Å². The Kier molecular flexibility index (Phi) is 4.26. The summed E-state index contributed by atoms with van der Waals surface area (Å²) in [4.78, 5) is 0. The molecule has 0 radical (unpaired) electrons. The van der Waals surface area contributed by atoms with Crippen LogP contribution in [0.5, 0.6) is 0 Å². The molecule has 0 bridgehead atoms. The fourth-order valence-corrected chi connectivity index (χ4v) is 7.70. The zero-order valence-corrected chi connectivity index (χ0v) is 16.0. The van der Waals surface area contributed by atoms with Gasteiger partial charge in [0.1, 0.15) is 0 Å². The van der Waals surface area contributed by atoms with E-state index in [0.717, 1.165) is 32.1 Å². The largest absolute Gasteiger partial charge is 0.390 e. The van der Waals surface area contributed by atoms with E-state index in [1.807, 2.05) is 6.92 Å². The third-order valence-corrected chi connectivity index (χ3v) is 9.11. The van der Waals surface area contributed by atoms with E-state index in [9.17, 15) is 10.2 Å². The summed E-state index contributed by atoms with van der Waals surface area (Å²) >= 11 is 0. The lowest BCUT2D eigenvalue weighted by Crippen LogP contribution is -2.64. The highest BCUT2D eigenvalue weighted by Gasteiger charge is 2.64. The van der Waals surface area contributed by atoms with Gasteiger partial charge in [-0.25, -0.2) is 0 Å². The summed E-state index contributed by atoms with van der Waals surface area (Å²) in [7, 11) is 0. The van der Waals surface area contributed by atoms with Crippen LogP contribution >= 0.6 is 0 Å². The lowest BCUT2D eigenvalue weighted by molar-refractivity contribution is -0.214. The Labute approximate surface area is 152 Å². The van der Waals surface area contributed by atoms with Crippen molar-refractivity contribution in [2.75, 3.05) is 0 Å². The Morgan fingerprint density at radius 2 is 1.56 bits per heavy atom. The minimum atomic E-state index is -0.615. The molecule has 10 atom stereocenters. The van der Waals surface area contributed by atoms with Gasteiger partial charge in [-0.15, -0.1) is 5.92 Å². The van der Waals surface area contributed by atoms with Gasteiger partial charge >= 0.3 is 0 Å². The molecule has 140 valence electrons. The molecule has 4 fully saturated rings. The van der Waals surface area contributed by atoms with Crippen molar-refractivity contribution in [1.82, 2.24) is 0 Å². The number of aliphatic hydroxyl groups excluding tert-OH is 2. The van der Waals surface area contributed by atoms with Gasteiger partial charge in [-0.2, -0.15) is 0 Å². The number of hydrogen-bond acceptors (Lipinski definition) is 3. The zero-order valence-electron chi connectivity index (χ0n) is 16.0. The van der Waals surface area contributed by atoms with Crippen molar-refractivity contribution in [3.63, 3.8) is 0 Å². The first-order valence-corrected chi connectivity index (χ1v) is 10.4. The maximum absolute atomic E-state index is 11.2. The number of hydrogen-bond donors (Lipinski definition) is 3. The molecule has 25 heavy (non-hydrogen) atoms. The van der Waals surface area contributed by atoms with Gasteiger partial charge < -0.3 is 15.9 Å². The summed E-state index contributed by atoms with van der Waals surface area (Å²) in [5.41, 5.74) is 6.57. The van der Waals surface area contributed by atoms with E-state index in [4.69, 9.17) is 5.73 Å². The van der Waals surface area contributed by atoms with E-state index in [1.54, 1.807) is 0 Å². The van der Waals surface area contributed by atoms with Crippen molar-refractivity contribution in [1.29, 1.82) is 0 Å². The summed E-state index contributed by atoms with van der Waals surface area (Å²) in [6.07, 6.45) is 6.52. The minimum Gasteiger partial charge on any atom is -0.390 e. The summed E-state index contributed by atoms with van der Waals surface area (Å²) in [6.45, 7) is 6.73. The van der Waals surface area contributed by atoms with Gasteiger partial charge in [-0.3, -0.25) is 0 Å². The molecule has 3 nitrogen and oxygen atoms in total. The summed E-state index contributed by atoms with van der Waals surface area (Å²) in [6, 6.07) is 0.182.